The molecule has 1 heterocycles. The van der Waals surface area contributed by atoms with Crippen LogP contribution in [-0.2, 0) is 16.2 Å². The van der Waals surface area contributed by atoms with Crippen molar-refractivity contribution in [2.45, 2.75) is 19.6 Å². The van der Waals surface area contributed by atoms with E-state index in [9.17, 15) is 14.7 Å². The lowest BCUT2D eigenvalue weighted by Gasteiger charge is -2.23. The molecule has 1 fully saturated rings. The van der Waals surface area contributed by atoms with Crippen molar-refractivity contribution in [1.29, 1.82) is 0 Å². The molecule has 0 saturated carbocycles. The number of hydrogen-bond acceptors (Lipinski definition) is 6. The lowest BCUT2D eigenvalue weighted by molar-refractivity contribution is -0.145. The van der Waals surface area contributed by atoms with Crippen LogP contribution in [0.1, 0.15) is 28.3 Å². The molecule has 0 aliphatic carbocycles. The Morgan fingerprint density at radius 1 is 1.17 bits per heavy atom. The molecule has 6 nitrogen and oxygen atoms in total. The summed E-state index contributed by atoms with van der Waals surface area (Å²) in [4.78, 5) is 26.8. The van der Waals surface area contributed by atoms with Crippen molar-refractivity contribution in [1.82, 2.24) is 4.90 Å². The van der Waals surface area contributed by atoms with Gasteiger partial charge in [0.25, 0.3) is 5.91 Å². The molecule has 184 valence electrons. The van der Waals surface area contributed by atoms with Crippen molar-refractivity contribution in [3.8, 4) is 11.5 Å². The molecule has 1 aliphatic heterocycles. The highest BCUT2D eigenvalue weighted by Gasteiger charge is 2.41. The molecule has 3 aromatic rings. The number of benzene rings is 3. The number of halogens is 1. The molecule has 9 heteroatoms. The minimum Gasteiger partial charge on any atom is -0.493 e. The van der Waals surface area contributed by atoms with Crippen molar-refractivity contribution in [3.63, 3.8) is 0 Å². The van der Waals surface area contributed by atoms with Crippen LogP contribution in [0.2, 0.25) is 0 Å². The first kappa shape index (κ1) is 25.9. The molecule has 1 N–H and O–H groups in total. The van der Waals surface area contributed by atoms with E-state index in [4.69, 9.17) is 21.7 Å². The molecule has 1 saturated heterocycles. The zero-order valence-corrected chi connectivity index (χ0v) is 22.7. The number of thioether (sulfide) groups is 1. The van der Waals surface area contributed by atoms with Gasteiger partial charge in [-0.3, -0.25) is 9.69 Å². The van der Waals surface area contributed by atoms with E-state index in [1.54, 1.807) is 49.6 Å². The van der Waals surface area contributed by atoms with Crippen molar-refractivity contribution in [2.24, 2.45) is 0 Å². The van der Waals surface area contributed by atoms with Gasteiger partial charge in [0.2, 0.25) is 0 Å². The number of carboxylic acids is 1. The van der Waals surface area contributed by atoms with E-state index in [-0.39, 0.29) is 4.32 Å². The van der Waals surface area contributed by atoms with Gasteiger partial charge in [0.15, 0.2) is 17.5 Å². The number of nitrogens with zero attached hydrogens (tertiary/aromatic N) is 1. The van der Waals surface area contributed by atoms with Crippen molar-refractivity contribution in [3.05, 3.63) is 98.4 Å². The molecule has 0 radical (unpaired) electrons. The molecule has 36 heavy (non-hydrogen) atoms. The van der Waals surface area contributed by atoms with Crippen LogP contribution in [0.15, 0.2) is 76.1 Å². The van der Waals surface area contributed by atoms with Gasteiger partial charge >= 0.3 is 5.97 Å². The Balaban J connectivity index is 1.61. The van der Waals surface area contributed by atoms with E-state index in [0.29, 0.717) is 38.6 Å². The van der Waals surface area contributed by atoms with Gasteiger partial charge in [-0.05, 0) is 63.3 Å². The number of carboxylic acid groups (broad SMARTS) is 1. The summed E-state index contributed by atoms with van der Waals surface area (Å²) in [6.45, 7) is 2.40. The number of aliphatic carboxylic acids is 1. The lowest BCUT2D eigenvalue weighted by Crippen LogP contribution is -2.37. The molecule has 3 aromatic carbocycles. The van der Waals surface area contributed by atoms with Crippen LogP contribution >= 0.6 is 39.9 Å². The number of carbonyl (C=O) groups excluding carboxylic acids is 1. The fraction of sp³-hybridized carbons (Fsp3) is 0.148. The Morgan fingerprint density at radius 2 is 1.86 bits per heavy atom. The molecular formula is C27H22BrNO5S2. The first-order valence-corrected chi connectivity index (χ1v) is 12.9. The third-order valence-corrected chi connectivity index (χ3v) is 7.53. The predicted molar refractivity (Wildman–Crippen MR) is 148 cm³/mol. The normalized spacial score (nSPS) is 15.3. The van der Waals surface area contributed by atoms with E-state index in [2.05, 4.69) is 15.9 Å². The zero-order chi connectivity index (χ0) is 25.8. The maximum atomic E-state index is 13.3. The smallest absolute Gasteiger partial charge is 0.331 e. The monoisotopic (exact) mass is 583 g/mol. The van der Waals surface area contributed by atoms with Crippen molar-refractivity contribution in [2.75, 3.05) is 7.11 Å². The number of rotatable bonds is 8. The van der Waals surface area contributed by atoms with Gasteiger partial charge in [0, 0.05) is 0 Å². The summed E-state index contributed by atoms with van der Waals surface area (Å²) in [5, 5.41) is 9.86. The Labute approximate surface area is 227 Å². The summed E-state index contributed by atoms with van der Waals surface area (Å²) in [5.74, 6) is -0.581. The van der Waals surface area contributed by atoms with Gasteiger partial charge in [-0.25, -0.2) is 4.79 Å². The Morgan fingerprint density at radius 3 is 2.53 bits per heavy atom. The van der Waals surface area contributed by atoms with Gasteiger partial charge in [-0.1, -0.05) is 78.6 Å². The van der Waals surface area contributed by atoms with Crippen LogP contribution in [0.4, 0.5) is 0 Å². The van der Waals surface area contributed by atoms with E-state index in [1.807, 2.05) is 37.3 Å². The highest BCUT2D eigenvalue weighted by Crippen LogP contribution is 2.41. The highest BCUT2D eigenvalue weighted by atomic mass is 79.9. The Hall–Kier alpha value is -3.14. The van der Waals surface area contributed by atoms with E-state index >= 15 is 0 Å². The topological polar surface area (TPSA) is 76.1 Å². The third-order valence-electron chi connectivity index (χ3n) is 5.61. The first-order valence-electron chi connectivity index (χ1n) is 10.9. The van der Waals surface area contributed by atoms with Crippen molar-refractivity contribution < 1.29 is 24.2 Å². The fourth-order valence-electron chi connectivity index (χ4n) is 3.78. The van der Waals surface area contributed by atoms with Gasteiger partial charge < -0.3 is 14.6 Å². The zero-order valence-electron chi connectivity index (χ0n) is 19.4. The van der Waals surface area contributed by atoms with E-state index < -0.39 is 17.9 Å². The van der Waals surface area contributed by atoms with E-state index in [0.717, 1.165) is 27.8 Å². The summed E-state index contributed by atoms with van der Waals surface area (Å²) in [5.41, 5.74) is 3.34. The second kappa shape index (κ2) is 11.3. The molecule has 1 atom stereocenters. The van der Waals surface area contributed by atoms with Gasteiger partial charge in [-0.15, -0.1) is 0 Å². The van der Waals surface area contributed by atoms with Crippen LogP contribution in [-0.4, -0.2) is 33.3 Å². The molecule has 1 aliphatic rings. The quantitative estimate of drug-likeness (QED) is 0.244. The average molecular weight is 585 g/mol. The van der Waals surface area contributed by atoms with Crippen LogP contribution in [0.25, 0.3) is 6.08 Å². The molecule has 0 bridgehead atoms. The number of amides is 1. The molecule has 1 unspecified atom stereocenters. The number of aryl methyl sites for hydroxylation is 1. The SMILES string of the molecule is COc1cc(/C=C2\SC(=S)N(C(C(=O)O)c3ccccc3)C2=O)cc(Br)c1OCc1ccccc1C. The lowest BCUT2D eigenvalue weighted by atomic mass is 10.1. The molecule has 4 rings (SSSR count). The second-order valence-corrected chi connectivity index (χ2v) is 10.5. The third kappa shape index (κ3) is 5.48. The number of thiocarbonyl (C=S) groups is 1. The predicted octanol–water partition coefficient (Wildman–Crippen LogP) is 6.37. The maximum absolute atomic E-state index is 13.3. The van der Waals surface area contributed by atoms with Gasteiger partial charge in [0.1, 0.15) is 10.9 Å². The van der Waals surface area contributed by atoms with Crippen LogP contribution in [0, 0.1) is 6.92 Å². The molecule has 0 aromatic heterocycles. The van der Waals surface area contributed by atoms with Crippen LogP contribution in [0.3, 0.4) is 0 Å². The fourth-order valence-corrected chi connectivity index (χ4v) is 5.66. The molecule has 1 amide bonds. The summed E-state index contributed by atoms with van der Waals surface area (Å²) < 4.78 is 12.5. The van der Waals surface area contributed by atoms with Crippen LogP contribution < -0.4 is 9.47 Å². The Bertz CT molecular complexity index is 1360. The Kier molecular flexibility index (Phi) is 8.13. The minimum atomic E-state index is -1.21. The summed E-state index contributed by atoms with van der Waals surface area (Å²) in [7, 11) is 1.54. The summed E-state index contributed by atoms with van der Waals surface area (Å²) >= 11 is 10.0. The first-order chi connectivity index (χ1) is 17.3. The number of hydrogen-bond donors (Lipinski definition) is 1. The second-order valence-electron chi connectivity index (χ2n) is 7.95. The average Bonchev–Trinajstić information content (AvgIpc) is 3.12. The van der Waals surface area contributed by atoms with Gasteiger partial charge in [-0.2, -0.15) is 0 Å². The van der Waals surface area contributed by atoms with Gasteiger partial charge in [0.05, 0.1) is 16.5 Å². The summed E-state index contributed by atoms with van der Waals surface area (Å²) in [6, 6.07) is 18.9. The molecular weight excluding hydrogens is 562 g/mol. The maximum Gasteiger partial charge on any atom is 0.331 e. The number of carbonyl (C=O) groups is 2. The standard InChI is InChI=1S/C27H22BrNO5S2/c1-16-8-6-7-11-19(16)15-34-24-20(28)12-17(13-21(24)33-2)14-22-25(30)29(27(35)36-22)23(26(31)32)18-9-4-3-5-10-18/h3-14,23H,15H2,1-2H3,(H,31,32)/b22-14-. The molecule has 0 spiro atoms. The van der Waals surface area contributed by atoms with E-state index in [1.165, 1.54) is 0 Å². The largest absolute Gasteiger partial charge is 0.493 e. The van der Waals surface area contributed by atoms with Crippen LogP contribution in [0.5, 0.6) is 11.5 Å². The van der Waals surface area contributed by atoms with Crippen molar-refractivity contribution >= 4 is 62.2 Å². The number of ether oxygens (including phenoxy) is 2. The number of methoxy groups -OCH3 is 1. The minimum absolute atomic E-state index is 0.187. The summed E-state index contributed by atoms with van der Waals surface area (Å²) in [6.07, 6.45) is 1.67. The highest BCUT2D eigenvalue weighted by molar-refractivity contribution is 9.10.